The van der Waals surface area contributed by atoms with Crippen LogP contribution in [-0.4, -0.2) is 66.8 Å². The van der Waals surface area contributed by atoms with Crippen LogP contribution in [0.5, 0.6) is 0 Å². The number of nitrogens with one attached hydrogen (secondary N) is 1. The molecule has 0 saturated carbocycles. The van der Waals surface area contributed by atoms with E-state index in [1.165, 1.54) is 23.1 Å². The van der Waals surface area contributed by atoms with Gasteiger partial charge >= 0.3 is 0 Å². The van der Waals surface area contributed by atoms with Crippen LogP contribution in [0.4, 0.5) is 5.69 Å². The topological polar surface area (TPSA) is 135 Å². The summed E-state index contributed by atoms with van der Waals surface area (Å²) in [5.74, 6) is -0.324. The molecule has 4 heterocycles. The number of anilines is 1. The molecule has 2 saturated heterocycles. The third-order valence-corrected chi connectivity index (χ3v) is 9.07. The lowest BCUT2D eigenvalue weighted by atomic mass is 9.83. The van der Waals surface area contributed by atoms with Gasteiger partial charge in [0.2, 0.25) is 21.8 Å². The summed E-state index contributed by atoms with van der Waals surface area (Å²) in [5, 5.41) is 0.110. The normalized spacial score (nSPS) is 23.9. The number of fused-ring (bicyclic) bond motifs is 4. The number of nitrogens with zero attached hydrogens (tertiary/aromatic N) is 3. The summed E-state index contributed by atoms with van der Waals surface area (Å²) in [7, 11) is -4.01. The number of nitrogen functional groups attached to an aromatic ring is 1. The average Bonchev–Trinajstić information content (AvgIpc) is 2.83. The highest BCUT2D eigenvalue weighted by Gasteiger charge is 2.38. The molecule has 3 atom stereocenters. The first-order valence-corrected chi connectivity index (χ1v) is 13.8. The number of carbonyl (C=O) groups is 2. The highest BCUT2D eigenvalue weighted by Crippen LogP contribution is 2.35. The first-order valence-electron chi connectivity index (χ1n) is 12.0. The quantitative estimate of drug-likeness (QED) is 0.550. The summed E-state index contributed by atoms with van der Waals surface area (Å²) >= 11 is 5.97. The van der Waals surface area contributed by atoms with Crippen LogP contribution < -0.4 is 16.0 Å². The second kappa shape index (κ2) is 9.53. The van der Waals surface area contributed by atoms with E-state index in [0.717, 1.165) is 12.1 Å². The Hall–Kier alpha value is -2.89. The number of hydrogen-bond donors (Lipinski definition) is 2. The van der Waals surface area contributed by atoms with Crippen molar-refractivity contribution in [3.05, 3.63) is 57.5 Å². The number of nitrogens with two attached hydrogens (primary N) is 1. The summed E-state index contributed by atoms with van der Waals surface area (Å²) < 4.78 is 30.0. The molecule has 3 N–H and O–H groups in total. The van der Waals surface area contributed by atoms with Crippen LogP contribution in [0.25, 0.3) is 0 Å². The zero-order valence-electron chi connectivity index (χ0n) is 19.6. The number of rotatable bonds is 5. The Morgan fingerprint density at radius 2 is 1.94 bits per heavy atom. The van der Waals surface area contributed by atoms with Crippen molar-refractivity contribution in [2.75, 3.05) is 31.9 Å². The van der Waals surface area contributed by atoms with E-state index < -0.39 is 22.0 Å². The molecule has 0 aliphatic carbocycles. The number of halogens is 1. The molecule has 36 heavy (non-hydrogen) atoms. The van der Waals surface area contributed by atoms with Crippen LogP contribution in [0.3, 0.4) is 0 Å². The van der Waals surface area contributed by atoms with Gasteiger partial charge < -0.3 is 20.1 Å². The van der Waals surface area contributed by atoms with Crippen molar-refractivity contribution in [2.24, 2.45) is 5.92 Å². The number of likely N-dealkylation sites (tertiary alicyclic amines) is 2. The van der Waals surface area contributed by atoms with Gasteiger partial charge in [-0.1, -0.05) is 17.7 Å². The molecule has 10 nitrogen and oxygen atoms in total. The van der Waals surface area contributed by atoms with E-state index in [9.17, 15) is 22.8 Å². The van der Waals surface area contributed by atoms with E-state index >= 15 is 0 Å². The van der Waals surface area contributed by atoms with Crippen LogP contribution in [-0.2, 0) is 26.2 Å². The molecule has 0 radical (unpaired) electrons. The Labute approximate surface area is 214 Å². The molecule has 2 fully saturated rings. The van der Waals surface area contributed by atoms with Gasteiger partial charge in [-0.2, -0.15) is 4.72 Å². The van der Waals surface area contributed by atoms with E-state index in [0.29, 0.717) is 39.0 Å². The fraction of sp³-hybridized carbons (Fsp3) is 0.458. The van der Waals surface area contributed by atoms with Gasteiger partial charge in [0.15, 0.2) is 0 Å². The number of carbonyl (C=O) groups excluding carboxylic acids is 2. The maximum atomic E-state index is 13.2. The first kappa shape index (κ1) is 24.8. The summed E-state index contributed by atoms with van der Waals surface area (Å²) in [6, 6.07) is 8.25. The van der Waals surface area contributed by atoms with E-state index in [-0.39, 0.29) is 45.5 Å². The van der Waals surface area contributed by atoms with Crippen molar-refractivity contribution < 1.29 is 18.0 Å². The molecule has 5 rings (SSSR count). The van der Waals surface area contributed by atoms with E-state index in [1.807, 2.05) is 6.07 Å². The molecule has 12 heteroatoms. The molecular weight excluding hydrogens is 506 g/mol. The second-order valence-electron chi connectivity index (χ2n) is 9.76. The first-order chi connectivity index (χ1) is 17.1. The standard InChI is InChI=1S/C24H28ClN5O5S/c25-18-10-17(6-7-19(18)26)36(34,35)27-20-3-2-8-28(24(20)33)14-23(32)29-11-15-9-16(13-29)21-4-1-5-22(31)30(21)12-15/h1,4-7,10,15-16,20,27H,2-3,8-9,11-14,26H2/t15-,16?,20+/m1/s1. The number of sulfonamides is 1. The van der Waals surface area contributed by atoms with Crippen molar-refractivity contribution in [1.82, 2.24) is 19.1 Å². The molecule has 3 aliphatic heterocycles. The molecule has 1 unspecified atom stereocenters. The molecule has 3 aliphatic rings. The molecule has 2 amide bonds. The zero-order chi connectivity index (χ0) is 25.6. The summed E-state index contributed by atoms with van der Waals surface area (Å²) in [6.45, 7) is 1.89. The van der Waals surface area contributed by atoms with Gasteiger partial charge in [0.1, 0.15) is 6.04 Å². The number of benzene rings is 1. The Balaban J connectivity index is 1.25. The van der Waals surface area contributed by atoms with Crippen LogP contribution in [0.2, 0.25) is 5.02 Å². The van der Waals surface area contributed by atoms with E-state index in [4.69, 9.17) is 17.3 Å². The SMILES string of the molecule is Nc1ccc(S(=O)(=O)N[C@H]2CCCN(CC(=O)N3CC4C[C@H](C3)Cn3c4cccc3=O)C2=O)cc1Cl. The lowest BCUT2D eigenvalue weighted by molar-refractivity contribution is -0.144. The van der Waals surface area contributed by atoms with Gasteiger partial charge in [-0.3, -0.25) is 14.4 Å². The summed E-state index contributed by atoms with van der Waals surface area (Å²) in [6.07, 6.45) is 1.83. The van der Waals surface area contributed by atoms with Gasteiger partial charge in [-0.05, 0) is 49.4 Å². The zero-order valence-corrected chi connectivity index (χ0v) is 21.2. The van der Waals surface area contributed by atoms with Crippen molar-refractivity contribution in [2.45, 2.75) is 42.7 Å². The maximum Gasteiger partial charge on any atom is 0.250 e. The summed E-state index contributed by atoms with van der Waals surface area (Å²) in [4.78, 5) is 41.7. The third kappa shape index (κ3) is 4.74. The lowest BCUT2D eigenvalue weighted by Gasteiger charge is -2.43. The van der Waals surface area contributed by atoms with Crippen molar-refractivity contribution >= 4 is 39.1 Å². The predicted octanol–water partition coefficient (Wildman–Crippen LogP) is 0.999. The monoisotopic (exact) mass is 533 g/mol. The van der Waals surface area contributed by atoms with Crippen molar-refractivity contribution in [1.29, 1.82) is 0 Å². The van der Waals surface area contributed by atoms with E-state index in [1.54, 1.807) is 21.6 Å². The molecule has 1 aromatic heterocycles. The minimum absolute atomic E-state index is 0.0179. The van der Waals surface area contributed by atoms with Gasteiger partial charge in [0.05, 0.1) is 22.2 Å². The van der Waals surface area contributed by atoms with Gasteiger partial charge in [-0.15, -0.1) is 0 Å². The van der Waals surface area contributed by atoms with Crippen LogP contribution >= 0.6 is 11.6 Å². The molecule has 0 spiro atoms. The Bertz CT molecular complexity index is 1380. The second-order valence-corrected chi connectivity index (χ2v) is 11.9. The van der Waals surface area contributed by atoms with Crippen LogP contribution in [0.15, 0.2) is 46.1 Å². The van der Waals surface area contributed by atoms with Crippen LogP contribution in [0.1, 0.15) is 30.9 Å². The fourth-order valence-corrected chi connectivity index (χ4v) is 7.00. The number of piperidine rings is 2. The predicted molar refractivity (Wildman–Crippen MR) is 134 cm³/mol. The molecule has 2 bridgehead atoms. The third-order valence-electron chi connectivity index (χ3n) is 7.27. The van der Waals surface area contributed by atoms with Crippen LogP contribution in [0, 0.1) is 5.92 Å². The Morgan fingerprint density at radius 3 is 2.72 bits per heavy atom. The largest absolute Gasteiger partial charge is 0.398 e. The molecular formula is C24H28ClN5O5S. The minimum Gasteiger partial charge on any atom is -0.398 e. The highest BCUT2D eigenvalue weighted by atomic mass is 35.5. The maximum absolute atomic E-state index is 13.2. The van der Waals surface area contributed by atoms with E-state index in [2.05, 4.69) is 4.72 Å². The number of pyridine rings is 1. The number of aromatic nitrogens is 1. The Kier molecular flexibility index (Phi) is 6.56. The molecule has 2 aromatic rings. The average molecular weight is 534 g/mol. The van der Waals surface area contributed by atoms with Gasteiger partial charge in [0, 0.05) is 43.9 Å². The lowest BCUT2D eigenvalue weighted by Crippen LogP contribution is -2.56. The Morgan fingerprint density at radius 1 is 1.14 bits per heavy atom. The van der Waals surface area contributed by atoms with Crippen molar-refractivity contribution in [3.63, 3.8) is 0 Å². The molecule has 1 aromatic carbocycles. The number of amides is 2. The minimum atomic E-state index is -4.01. The highest BCUT2D eigenvalue weighted by molar-refractivity contribution is 7.89. The summed E-state index contributed by atoms with van der Waals surface area (Å²) in [5.41, 5.74) is 6.85. The van der Waals surface area contributed by atoms with Gasteiger partial charge in [-0.25, -0.2) is 8.42 Å². The van der Waals surface area contributed by atoms with Gasteiger partial charge in [0.25, 0.3) is 5.56 Å². The van der Waals surface area contributed by atoms with Crippen molar-refractivity contribution in [3.8, 4) is 0 Å². The number of hydrogen-bond acceptors (Lipinski definition) is 6. The smallest absolute Gasteiger partial charge is 0.250 e. The fourth-order valence-electron chi connectivity index (χ4n) is 5.50. The molecule has 192 valence electrons.